The molecule has 1 aliphatic carbocycles. The number of rotatable bonds is 5. The Kier molecular flexibility index (Phi) is 5.19. The molecule has 0 radical (unpaired) electrons. The van der Waals surface area contributed by atoms with Gasteiger partial charge in [-0.25, -0.2) is 4.79 Å². The van der Waals surface area contributed by atoms with Crippen LogP contribution >= 0.6 is 11.3 Å². The molecule has 2 unspecified atom stereocenters. The van der Waals surface area contributed by atoms with Crippen LogP contribution < -0.4 is 5.32 Å². The van der Waals surface area contributed by atoms with Crippen molar-refractivity contribution in [3.63, 3.8) is 0 Å². The van der Waals surface area contributed by atoms with Crippen LogP contribution in [0.3, 0.4) is 0 Å². The Hall–Kier alpha value is -2.14. The molecule has 1 fully saturated rings. The third kappa shape index (κ3) is 3.83. The van der Waals surface area contributed by atoms with Crippen molar-refractivity contribution in [1.29, 1.82) is 0 Å². The van der Waals surface area contributed by atoms with Gasteiger partial charge in [-0.1, -0.05) is 36.8 Å². The Balaban J connectivity index is 2.03. The molecule has 138 valence electrons. The minimum absolute atomic E-state index is 0.00666. The lowest BCUT2D eigenvalue weighted by molar-refractivity contribution is -0.117. The van der Waals surface area contributed by atoms with E-state index in [-0.39, 0.29) is 23.9 Å². The molecule has 1 heterocycles. The van der Waals surface area contributed by atoms with Gasteiger partial charge in [-0.15, -0.1) is 11.3 Å². The van der Waals surface area contributed by atoms with E-state index in [9.17, 15) is 9.59 Å². The van der Waals surface area contributed by atoms with Crippen LogP contribution in [-0.4, -0.2) is 18.0 Å². The van der Waals surface area contributed by atoms with Gasteiger partial charge in [0.25, 0.3) is 0 Å². The molecule has 1 aromatic heterocycles. The zero-order chi connectivity index (χ0) is 19.0. The Morgan fingerprint density at radius 3 is 2.35 bits per heavy atom. The average Bonchev–Trinajstić information content (AvgIpc) is 3.20. The molecule has 0 bridgehead atoms. The van der Waals surface area contributed by atoms with E-state index in [0.29, 0.717) is 16.5 Å². The van der Waals surface area contributed by atoms with E-state index >= 15 is 0 Å². The summed E-state index contributed by atoms with van der Waals surface area (Å²) in [6.07, 6.45) is 0.688. The van der Waals surface area contributed by atoms with Gasteiger partial charge in [-0.2, -0.15) is 0 Å². The van der Waals surface area contributed by atoms with Gasteiger partial charge in [-0.3, -0.25) is 4.79 Å². The molecule has 1 aromatic carbocycles. The SMILES string of the molecule is Cc1ccc(-c2c(C)sc(NC(=O)C3CC3C)c2C(=O)OC(C)C)cc1. The Labute approximate surface area is 158 Å². The molecule has 4 nitrogen and oxygen atoms in total. The van der Waals surface area contributed by atoms with Crippen molar-refractivity contribution in [3.8, 4) is 11.1 Å². The summed E-state index contributed by atoms with van der Waals surface area (Å²) >= 11 is 1.44. The Morgan fingerprint density at radius 1 is 1.19 bits per heavy atom. The van der Waals surface area contributed by atoms with Crippen LogP contribution in [0, 0.1) is 25.7 Å². The first-order valence-corrected chi connectivity index (χ1v) is 9.81. The lowest BCUT2D eigenvalue weighted by Gasteiger charge is -2.12. The highest BCUT2D eigenvalue weighted by Crippen LogP contribution is 2.43. The van der Waals surface area contributed by atoms with Crippen LogP contribution in [-0.2, 0) is 9.53 Å². The monoisotopic (exact) mass is 371 g/mol. The molecular weight excluding hydrogens is 346 g/mol. The van der Waals surface area contributed by atoms with Crippen LogP contribution in [0.25, 0.3) is 11.1 Å². The second-order valence-corrected chi connectivity index (χ2v) is 8.59. The van der Waals surface area contributed by atoms with E-state index < -0.39 is 0 Å². The van der Waals surface area contributed by atoms with Crippen molar-refractivity contribution in [2.45, 2.75) is 47.1 Å². The normalized spacial score (nSPS) is 18.7. The molecular formula is C21H25NO3S. The zero-order valence-corrected chi connectivity index (χ0v) is 16.7. The van der Waals surface area contributed by atoms with E-state index in [1.54, 1.807) is 0 Å². The largest absolute Gasteiger partial charge is 0.459 e. The maximum absolute atomic E-state index is 12.8. The Bertz CT molecular complexity index is 836. The topological polar surface area (TPSA) is 55.4 Å². The lowest BCUT2D eigenvalue weighted by Crippen LogP contribution is -2.18. The number of amides is 1. The van der Waals surface area contributed by atoms with Crippen LogP contribution in [0.15, 0.2) is 24.3 Å². The molecule has 1 aliphatic rings. The van der Waals surface area contributed by atoms with Gasteiger partial charge in [0.05, 0.1) is 6.10 Å². The predicted molar refractivity (Wildman–Crippen MR) is 106 cm³/mol. The number of thiophene rings is 1. The first kappa shape index (κ1) is 18.6. The van der Waals surface area contributed by atoms with Crippen molar-refractivity contribution in [2.75, 3.05) is 5.32 Å². The third-order valence-corrected chi connectivity index (χ3v) is 5.67. The van der Waals surface area contributed by atoms with Gasteiger partial charge in [0, 0.05) is 16.4 Å². The predicted octanol–water partition coefficient (Wildman–Crippen LogP) is 5.19. The summed E-state index contributed by atoms with van der Waals surface area (Å²) in [5.74, 6) is 0.0692. The summed E-state index contributed by atoms with van der Waals surface area (Å²) in [5, 5.41) is 3.57. The maximum Gasteiger partial charge on any atom is 0.342 e. The van der Waals surface area contributed by atoms with Gasteiger partial charge in [-0.05, 0) is 45.6 Å². The van der Waals surface area contributed by atoms with Gasteiger partial charge in [0.1, 0.15) is 10.6 Å². The fourth-order valence-electron chi connectivity index (χ4n) is 3.06. The molecule has 2 atom stereocenters. The summed E-state index contributed by atoms with van der Waals surface area (Å²) < 4.78 is 5.47. The second-order valence-electron chi connectivity index (χ2n) is 7.37. The minimum atomic E-state index is -0.390. The first-order chi connectivity index (χ1) is 12.3. The fraction of sp³-hybridized carbons (Fsp3) is 0.429. The molecule has 1 N–H and O–H groups in total. The number of carbonyl (C=O) groups excluding carboxylic acids is 2. The van der Waals surface area contributed by atoms with Crippen molar-refractivity contribution in [3.05, 3.63) is 40.3 Å². The van der Waals surface area contributed by atoms with Gasteiger partial charge in [0.15, 0.2) is 0 Å². The molecule has 0 spiro atoms. The van der Waals surface area contributed by atoms with Crippen LogP contribution in [0.5, 0.6) is 0 Å². The van der Waals surface area contributed by atoms with E-state index in [1.165, 1.54) is 11.3 Å². The highest BCUT2D eigenvalue weighted by molar-refractivity contribution is 7.17. The summed E-state index contributed by atoms with van der Waals surface area (Å²) in [7, 11) is 0. The van der Waals surface area contributed by atoms with Gasteiger partial charge < -0.3 is 10.1 Å². The Morgan fingerprint density at radius 2 is 1.81 bits per heavy atom. The van der Waals surface area contributed by atoms with Crippen molar-refractivity contribution < 1.29 is 14.3 Å². The van der Waals surface area contributed by atoms with E-state index in [2.05, 4.69) is 12.2 Å². The number of hydrogen-bond acceptors (Lipinski definition) is 4. The minimum Gasteiger partial charge on any atom is -0.459 e. The molecule has 3 rings (SSSR count). The number of ether oxygens (including phenoxy) is 1. The quantitative estimate of drug-likeness (QED) is 0.736. The molecule has 1 amide bonds. The number of anilines is 1. The number of carbonyl (C=O) groups is 2. The highest BCUT2D eigenvalue weighted by Gasteiger charge is 2.40. The zero-order valence-electron chi connectivity index (χ0n) is 15.9. The van der Waals surface area contributed by atoms with Crippen LogP contribution in [0.4, 0.5) is 5.00 Å². The number of hydrogen-bond donors (Lipinski definition) is 1. The van der Waals surface area contributed by atoms with Crippen molar-refractivity contribution in [1.82, 2.24) is 0 Å². The summed E-state index contributed by atoms with van der Waals surface area (Å²) in [6.45, 7) is 9.72. The number of benzene rings is 1. The van der Waals surface area contributed by atoms with E-state index in [4.69, 9.17) is 4.74 Å². The number of esters is 1. The second kappa shape index (κ2) is 7.23. The molecule has 2 aromatic rings. The molecule has 0 saturated heterocycles. The van der Waals surface area contributed by atoms with Crippen LogP contribution in [0.1, 0.15) is 48.0 Å². The van der Waals surface area contributed by atoms with Gasteiger partial charge in [0.2, 0.25) is 5.91 Å². The lowest BCUT2D eigenvalue weighted by atomic mass is 10.0. The summed E-state index contributed by atoms with van der Waals surface area (Å²) in [4.78, 5) is 26.2. The molecule has 26 heavy (non-hydrogen) atoms. The van der Waals surface area contributed by atoms with Crippen LogP contribution in [0.2, 0.25) is 0 Å². The molecule has 0 aliphatic heterocycles. The first-order valence-electron chi connectivity index (χ1n) is 9.00. The van der Waals surface area contributed by atoms with Gasteiger partial charge >= 0.3 is 5.97 Å². The van der Waals surface area contributed by atoms with E-state index in [0.717, 1.165) is 28.0 Å². The summed E-state index contributed by atoms with van der Waals surface area (Å²) in [6, 6.07) is 8.05. The number of aryl methyl sites for hydroxylation is 2. The number of nitrogens with one attached hydrogen (secondary N) is 1. The maximum atomic E-state index is 12.8. The van der Waals surface area contributed by atoms with Crippen molar-refractivity contribution >= 4 is 28.2 Å². The smallest absolute Gasteiger partial charge is 0.342 e. The molecule has 5 heteroatoms. The molecule has 1 saturated carbocycles. The standard InChI is InChI=1S/C21H25NO3S/c1-11(2)25-21(24)18-17(15-8-6-12(3)7-9-15)14(5)26-20(18)22-19(23)16-10-13(16)4/h6-9,11,13,16H,10H2,1-5H3,(H,22,23). The third-order valence-electron chi connectivity index (χ3n) is 4.65. The highest BCUT2D eigenvalue weighted by atomic mass is 32.1. The van der Waals surface area contributed by atoms with Crippen molar-refractivity contribution in [2.24, 2.45) is 11.8 Å². The fourth-order valence-corrected chi connectivity index (χ4v) is 4.13. The van der Waals surface area contributed by atoms with E-state index in [1.807, 2.05) is 52.0 Å². The summed E-state index contributed by atoms with van der Waals surface area (Å²) in [5.41, 5.74) is 3.43. The average molecular weight is 372 g/mol.